The minimum absolute atomic E-state index is 0.0311. The molecule has 0 saturated heterocycles. The molecule has 0 radical (unpaired) electrons. The number of aromatic nitrogens is 4. The van der Waals surface area contributed by atoms with Crippen LogP contribution < -0.4 is 21.9 Å². The van der Waals surface area contributed by atoms with Crippen LogP contribution in [-0.4, -0.2) is 32.5 Å². The lowest BCUT2D eigenvalue weighted by molar-refractivity contribution is 0.0963. The molecule has 0 aliphatic carbocycles. The Bertz CT molecular complexity index is 1710. The zero-order chi connectivity index (χ0) is 26.8. The summed E-state index contributed by atoms with van der Waals surface area (Å²) in [4.78, 5) is 39.2. The van der Waals surface area contributed by atoms with Crippen molar-refractivity contribution in [2.75, 3.05) is 18.1 Å². The fraction of sp³-hybridized carbons (Fsp3) is 0.138. The third-order valence-corrected chi connectivity index (χ3v) is 6.37. The monoisotopic (exact) mass is 505 g/mol. The molecule has 9 nitrogen and oxygen atoms in total. The molecule has 3 aromatic heterocycles. The molecular weight excluding hydrogens is 478 g/mol. The lowest BCUT2D eigenvalue weighted by atomic mass is 9.98. The zero-order valence-electron chi connectivity index (χ0n) is 21.3. The van der Waals surface area contributed by atoms with E-state index in [2.05, 4.69) is 25.6 Å². The number of carbonyl (C=O) groups excluding carboxylic acids is 1. The summed E-state index contributed by atoms with van der Waals surface area (Å²) in [6.45, 7) is 3.83. The van der Waals surface area contributed by atoms with E-state index in [1.165, 1.54) is 13.2 Å². The number of rotatable bonds is 6. The maximum absolute atomic E-state index is 14.3. The first-order valence-electron chi connectivity index (χ1n) is 12.2. The van der Waals surface area contributed by atoms with E-state index in [4.69, 9.17) is 5.73 Å². The number of benzene rings is 2. The predicted molar refractivity (Wildman–Crippen MR) is 149 cm³/mol. The second-order valence-electron chi connectivity index (χ2n) is 8.94. The Morgan fingerprint density at radius 3 is 2.55 bits per heavy atom. The highest BCUT2D eigenvalue weighted by atomic mass is 16.1. The zero-order valence-corrected chi connectivity index (χ0v) is 21.3. The summed E-state index contributed by atoms with van der Waals surface area (Å²) in [5.41, 5.74) is 9.96. The number of fused-ring (bicyclic) bond motifs is 1. The van der Waals surface area contributed by atoms with Gasteiger partial charge < -0.3 is 16.4 Å². The fourth-order valence-corrected chi connectivity index (χ4v) is 4.58. The van der Waals surface area contributed by atoms with Gasteiger partial charge in [-0.1, -0.05) is 36.4 Å². The first-order valence-corrected chi connectivity index (χ1v) is 12.2. The smallest absolute Gasteiger partial charge is 0.263 e. The van der Waals surface area contributed by atoms with Crippen molar-refractivity contribution in [1.82, 2.24) is 24.8 Å². The van der Waals surface area contributed by atoms with Crippen molar-refractivity contribution >= 4 is 28.4 Å². The molecule has 0 spiro atoms. The molecule has 0 unspecified atom stereocenters. The number of nitrogens with two attached hydrogens (primary N) is 1. The molecule has 4 N–H and O–H groups in total. The molecule has 190 valence electrons. The second kappa shape index (κ2) is 10.1. The van der Waals surface area contributed by atoms with Crippen molar-refractivity contribution < 1.29 is 4.79 Å². The fourth-order valence-electron chi connectivity index (χ4n) is 4.58. The lowest BCUT2D eigenvalue weighted by Crippen LogP contribution is -2.27. The van der Waals surface area contributed by atoms with Crippen LogP contribution in [0.4, 0.5) is 11.8 Å². The van der Waals surface area contributed by atoms with Gasteiger partial charge in [0, 0.05) is 36.5 Å². The number of aryl methyl sites for hydroxylation is 1. The Hall–Kier alpha value is -5.05. The predicted octanol–water partition coefficient (Wildman–Crippen LogP) is 4.27. The molecule has 38 heavy (non-hydrogen) atoms. The van der Waals surface area contributed by atoms with Gasteiger partial charge in [0.2, 0.25) is 5.95 Å². The van der Waals surface area contributed by atoms with Crippen molar-refractivity contribution in [1.29, 1.82) is 0 Å². The molecule has 5 rings (SSSR count). The number of para-hydroxylation sites is 1. The Balaban J connectivity index is 1.73. The van der Waals surface area contributed by atoms with Gasteiger partial charge in [-0.25, -0.2) is 4.98 Å². The molecule has 1 amide bonds. The van der Waals surface area contributed by atoms with Crippen LogP contribution in [0.1, 0.15) is 34.7 Å². The van der Waals surface area contributed by atoms with E-state index >= 15 is 0 Å². The van der Waals surface area contributed by atoms with Crippen LogP contribution in [0.25, 0.3) is 27.6 Å². The Morgan fingerprint density at radius 1 is 1.03 bits per heavy atom. The number of nitrogen functional groups attached to an aromatic ring is 1. The van der Waals surface area contributed by atoms with Crippen molar-refractivity contribution in [3.63, 3.8) is 0 Å². The van der Waals surface area contributed by atoms with Crippen molar-refractivity contribution in [3.05, 3.63) is 106 Å². The minimum Gasteiger partial charge on any atom is -0.368 e. The van der Waals surface area contributed by atoms with E-state index in [1.54, 1.807) is 10.8 Å². The molecule has 0 saturated carbocycles. The molecule has 0 aliphatic heterocycles. The lowest BCUT2D eigenvalue weighted by Gasteiger charge is -2.23. The average Bonchev–Trinajstić information content (AvgIpc) is 2.92. The highest BCUT2D eigenvalue weighted by molar-refractivity contribution is 5.99. The standard InChI is InChI=1S/C29H27N7O2/c1-17-14-19(12-13-32-17)22-11-7-8-20-15-24(36(28(38)25(20)22)21-9-5-4-6-10-21)18(2)34-26-23(27(37)31-3)16-33-29(30)35-26/h4-16,18H,1-3H3,(H,31,37)(H3,30,33,34,35)/t18-/m0/s1. The number of pyridine rings is 2. The van der Waals surface area contributed by atoms with E-state index in [0.29, 0.717) is 11.1 Å². The van der Waals surface area contributed by atoms with Gasteiger partial charge in [-0.3, -0.25) is 19.1 Å². The molecule has 9 heteroatoms. The van der Waals surface area contributed by atoms with Gasteiger partial charge in [0.25, 0.3) is 11.5 Å². The normalized spacial score (nSPS) is 11.8. The maximum Gasteiger partial charge on any atom is 0.263 e. The van der Waals surface area contributed by atoms with E-state index in [0.717, 1.165) is 27.9 Å². The van der Waals surface area contributed by atoms with Gasteiger partial charge in [0.15, 0.2) is 0 Å². The molecule has 0 aliphatic rings. The molecule has 0 bridgehead atoms. The van der Waals surface area contributed by atoms with Crippen LogP contribution in [0.2, 0.25) is 0 Å². The highest BCUT2D eigenvalue weighted by Gasteiger charge is 2.21. The summed E-state index contributed by atoms with van der Waals surface area (Å²) in [5.74, 6) is -0.0444. The number of nitrogens with zero attached hydrogens (tertiary/aromatic N) is 4. The van der Waals surface area contributed by atoms with Gasteiger partial charge in [0.05, 0.1) is 11.4 Å². The van der Waals surface area contributed by atoms with Gasteiger partial charge in [0.1, 0.15) is 11.4 Å². The number of hydrogen-bond donors (Lipinski definition) is 3. The number of carbonyl (C=O) groups is 1. The Morgan fingerprint density at radius 2 is 1.82 bits per heavy atom. The van der Waals surface area contributed by atoms with Crippen molar-refractivity contribution in [2.45, 2.75) is 19.9 Å². The summed E-state index contributed by atoms with van der Waals surface area (Å²) < 4.78 is 1.70. The quantitative estimate of drug-likeness (QED) is 0.314. The van der Waals surface area contributed by atoms with Crippen LogP contribution in [0.3, 0.4) is 0 Å². The Kier molecular flexibility index (Phi) is 6.57. The van der Waals surface area contributed by atoms with E-state index in [-0.39, 0.29) is 28.8 Å². The number of anilines is 2. The molecule has 5 aromatic rings. The van der Waals surface area contributed by atoms with Gasteiger partial charge in [-0.2, -0.15) is 4.98 Å². The molecular formula is C29H27N7O2. The highest BCUT2D eigenvalue weighted by Crippen LogP contribution is 2.30. The molecule has 0 fully saturated rings. The molecule has 2 aromatic carbocycles. The maximum atomic E-state index is 14.3. The van der Waals surface area contributed by atoms with Crippen LogP contribution >= 0.6 is 0 Å². The Labute approximate surface area is 219 Å². The minimum atomic E-state index is -0.433. The number of hydrogen-bond acceptors (Lipinski definition) is 7. The van der Waals surface area contributed by atoms with Crippen LogP contribution in [0.15, 0.2) is 83.9 Å². The summed E-state index contributed by atoms with van der Waals surface area (Å²) in [7, 11) is 1.53. The molecule has 1 atom stereocenters. The van der Waals surface area contributed by atoms with Crippen LogP contribution in [0.5, 0.6) is 0 Å². The number of amides is 1. The van der Waals surface area contributed by atoms with E-state index in [1.807, 2.05) is 80.6 Å². The van der Waals surface area contributed by atoms with Gasteiger partial charge in [-0.05, 0) is 60.7 Å². The summed E-state index contributed by atoms with van der Waals surface area (Å²) in [5, 5.41) is 7.27. The van der Waals surface area contributed by atoms with Crippen molar-refractivity contribution in [3.8, 4) is 16.8 Å². The molecule has 3 heterocycles. The van der Waals surface area contributed by atoms with Crippen LogP contribution in [-0.2, 0) is 0 Å². The third-order valence-electron chi connectivity index (χ3n) is 6.37. The van der Waals surface area contributed by atoms with Gasteiger partial charge >= 0.3 is 0 Å². The van der Waals surface area contributed by atoms with E-state index in [9.17, 15) is 9.59 Å². The topological polar surface area (TPSA) is 128 Å². The number of nitrogens with one attached hydrogen (secondary N) is 2. The first kappa shape index (κ1) is 24.6. The average molecular weight is 506 g/mol. The van der Waals surface area contributed by atoms with Gasteiger partial charge in [-0.15, -0.1) is 0 Å². The van der Waals surface area contributed by atoms with Crippen LogP contribution in [0, 0.1) is 6.92 Å². The summed E-state index contributed by atoms with van der Waals surface area (Å²) >= 11 is 0. The SMILES string of the molecule is CNC(=O)c1cnc(N)nc1N[C@@H](C)c1cc2cccc(-c3ccnc(C)c3)c2c(=O)n1-c1ccccc1. The summed E-state index contributed by atoms with van der Waals surface area (Å²) in [6.07, 6.45) is 3.13. The second-order valence-corrected chi connectivity index (χ2v) is 8.94. The van der Waals surface area contributed by atoms with Crippen molar-refractivity contribution in [2.24, 2.45) is 0 Å². The first-order chi connectivity index (χ1) is 18.4. The largest absolute Gasteiger partial charge is 0.368 e. The third kappa shape index (κ3) is 4.57. The van der Waals surface area contributed by atoms with E-state index < -0.39 is 6.04 Å². The summed E-state index contributed by atoms with van der Waals surface area (Å²) in [6, 6.07) is 20.7.